The molecule has 4 N–H and O–H groups in total. The van der Waals surface area contributed by atoms with Crippen LogP contribution in [0.5, 0.6) is 0 Å². The summed E-state index contributed by atoms with van der Waals surface area (Å²) in [5.41, 5.74) is 3.15. The van der Waals surface area contributed by atoms with Crippen LogP contribution < -0.4 is 16.0 Å². The lowest BCUT2D eigenvalue weighted by molar-refractivity contribution is -0.255. The topological polar surface area (TPSA) is 112 Å². The highest BCUT2D eigenvalue weighted by atomic mass is 16.7. The van der Waals surface area contributed by atoms with Crippen molar-refractivity contribution >= 4 is 17.6 Å². The second kappa shape index (κ2) is 14.4. The summed E-state index contributed by atoms with van der Waals surface area (Å²) in [6.45, 7) is 9.19. The number of carbonyl (C=O) groups excluding carboxylic acids is 2. The monoisotopic (exact) mass is 606 g/mol. The van der Waals surface area contributed by atoms with E-state index in [1.807, 2.05) is 76.2 Å². The second-order valence-electron chi connectivity index (χ2n) is 13.6. The van der Waals surface area contributed by atoms with Gasteiger partial charge >= 0.3 is 6.03 Å². The van der Waals surface area contributed by atoms with Crippen molar-refractivity contribution in [2.75, 3.05) is 18.4 Å². The van der Waals surface area contributed by atoms with Gasteiger partial charge in [-0.1, -0.05) is 49.2 Å². The van der Waals surface area contributed by atoms with Crippen molar-refractivity contribution in [3.63, 3.8) is 0 Å². The Morgan fingerprint density at radius 2 is 1.64 bits per heavy atom. The van der Waals surface area contributed by atoms with E-state index in [2.05, 4.69) is 20.9 Å². The SMILES string of the molecule is CCNC(=O)Nc1ccc(C2OC(CN3C(C(=O)NC(C)(C)C)CCC4CCCCC43)CC(c3ccc(CO)cc3)O2)cc1. The van der Waals surface area contributed by atoms with Crippen LogP contribution in [-0.2, 0) is 20.9 Å². The van der Waals surface area contributed by atoms with Crippen molar-refractivity contribution in [1.82, 2.24) is 15.5 Å². The zero-order valence-electron chi connectivity index (χ0n) is 26.7. The van der Waals surface area contributed by atoms with Crippen molar-refractivity contribution < 1.29 is 24.2 Å². The molecule has 6 unspecified atom stereocenters. The molecule has 3 amide bonds. The van der Waals surface area contributed by atoms with E-state index in [0.717, 1.165) is 36.0 Å². The van der Waals surface area contributed by atoms with Crippen molar-refractivity contribution in [2.45, 2.75) is 115 Å². The van der Waals surface area contributed by atoms with Crippen LogP contribution in [0.1, 0.15) is 102 Å². The van der Waals surface area contributed by atoms with Crippen LogP contribution in [-0.4, -0.2) is 58.8 Å². The van der Waals surface area contributed by atoms with Gasteiger partial charge in [0.1, 0.15) is 0 Å². The summed E-state index contributed by atoms with van der Waals surface area (Å²) in [5, 5.41) is 18.4. The first kappa shape index (κ1) is 32.4. The molecule has 9 heteroatoms. The van der Waals surface area contributed by atoms with Gasteiger partial charge in [0.05, 0.1) is 24.9 Å². The van der Waals surface area contributed by atoms with Crippen LogP contribution in [0, 0.1) is 5.92 Å². The van der Waals surface area contributed by atoms with Gasteiger partial charge in [-0.05, 0) is 82.6 Å². The summed E-state index contributed by atoms with van der Waals surface area (Å²) in [6, 6.07) is 15.4. The number of aliphatic hydroxyl groups is 1. The minimum Gasteiger partial charge on any atom is -0.392 e. The molecule has 5 rings (SSSR count). The lowest BCUT2D eigenvalue weighted by Crippen LogP contribution is -2.61. The van der Waals surface area contributed by atoms with Crippen LogP contribution in [0.4, 0.5) is 10.5 Å². The highest BCUT2D eigenvalue weighted by Gasteiger charge is 2.44. The molecule has 2 aliphatic heterocycles. The molecule has 6 atom stereocenters. The Balaban J connectivity index is 1.40. The van der Waals surface area contributed by atoms with Crippen LogP contribution in [0.3, 0.4) is 0 Å². The van der Waals surface area contributed by atoms with Crippen LogP contribution in [0.15, 0.2) is 48.5 Å². The van der Waals surface area contributed by atoms with E-state index in [9.17, 15) is 14.7 Å². The zero-order chi connectivity index (χ0) is 31.3. The predicted octanol–water partition coefficient (Wildman–Crippen LogP) is 5.80. The van der Waals surface area contributed by atoms with Crippen LogP contribution in [0.25, 0.3) is 0 Å². The Morgan fingerprint density at radius 1 is 0.932 bits per heavy atom. The number of hydrogen-bond acceptors (Lipinski definition) is 6. The number of hydrogen-bond donors (Lipinski definition) is 4. The average Bonchev–Trinajstić information content (AvgIpc) is 3.00. The van der Waals surface area contributed by atoms with Crippen molar-refractivity contribution in [2.24, 2.45) is 5.92 Å². The molecule has 44 heavy (non-hydrogen) atoms. The van der Waals surface area contributed by atoms with E-state index in [1.54, 1.807) is 0 Å². The van der Waals surface area contributed by atoms with E-state index in [4.69, 9.17) is 9.47 Å². The number of piperidine rings is 1. The fourth-order valence-electron chi connectivity index (χ4n) is 7.06. The maximum atomic E-state index is 13.6. The average molecular weight is 607 g/mol. The third-order valence-electron chi connectivity index (χ3n) is 9.11. The first-order chi connectivity index (χ1) is 21.1. The largest absolute Gasteiger partial charge is 0.392 e. The van der Waals surface area contributed by atoms with Gasteiger partial charge in [-0.15, -0.1) is 0 Å². The molecule has 0 bridgehead atoms. The fourth-order valence-corrected chi connectivity index (χ4v) is 7.06. The fraction of sp³-hybridized carbons (Fsp3) is 0.600. The van der Waals surface area contributed by atoms with Gasteiger partial charge < -0.3 is 30.5 Å². The first-order valence-electron chi connectivity index (χ1n) is 16.4. The van der Waals surface area contributed by atoms with Gasteiger partial charge in [-0.2, -0.15) is 0 Å². The molecule has 1 saturated carbocycles. The lowest BCUT2D eigenvalue weighted by Gasteiger charge is -2.50. The molecule has 2 aromatic rings. The molecular formula is C35H50N4O5. The Morgan fingerprint density at radius 3 is 2.32 bits per heavy atom. The lowest BCUT2D eigenvalue weighted by atomic mass is 9.75. The van der Waals surface area contributed by atoms with Gasteiger partial charge in [-0.25, -0.2) is 4.79 Å². The molecule has 240 valence electrons. The molecule has 2 aromatic carbocycles. The summed E-state index contributed by atoms with van der Waals surface area (Å²) in [6.07, 6.45) is 6.43. The summed E-state index contributed by atoms with van der Waals surface area (Å²) in [7, 11) is 0. The van der Waals surface area contributed by atoms with E-state index < -0.39 is 6.29 Å². The number of carbonyl (C=O) groups is 2. The van der Waals surface area contributed by atoms with Gasteiger partial charge in [0.15, 0.2) is 6.29 Å². The Hall–Kier alpha value is -2.98. The molecule has 2 heterocycles. The highest BCUT2D eigenvalue weighted by molar-refractivity contribution is 5.89. The third-order valence-corrected chi connectivity index (χ3v) is 9.11. The molecule has 2 saturated heterocycles. The molecule has 3 fully saturated rings. The molecule has 0 aromatic heterocycles. The Bertz CT molecular complexity index is 1250. The maximum Gasteiger partial charge on any atom is 0.319 e. The van der Waals surface area contributed by atoms with Gasteiger partial charge in [0.2, 0.25) is 5.91 Å². The summed E-state index contributed by atoms with van der Waals surface area (Å²) < 4.78 is 13.3. The molecule has 9 nitrogen and oxygen atoms in total. The number of anilines is 1. The number of amides is 3. The number of ether oxygens (including phenoxy) is 2. The number of nitrogens with zero attached hydrogens (tertiary/aromatic N) is 1. The number of rotatable bonds is 8. The molecular weight excluding hydrogens is 556 g/mol. The maximum absolute atomic E-state index is 13.6. The number of fused-ring (bicyclic) bond motifs is 1. The summed E-state index contributed by atoms with van der Waals surface area (Å²) in [5.74, 6) is 0.723. The number of nitrogens with one attached hydrogen (secondary N) is 3. The Labute approximate surface area is 262 Å². The van der Waals surface area contributed by atoms with Gasteiger partial charge in [0.25, 0.3) is 0 Å². The second-order valence-corrected chi connectivity index (χ2v) is 13.6. The van der Waals surface area contributed by atoms with E-state index >= 15 is 0 Å². The molecule has 1 aliphatic carbocycles. The molecule has 0 radical (unpaired) electrons. The number of likely N-dealkylation sites (tertiary alicyclic amines) is 1. The van der Waals surface area contributed by atoms with Gasteiger partial charge in [0, 0.05) is 42.3 Å². The van der Waals surface area contributed by atoms with E-state index in [0.29, 0.717) is 37.2 Å². The van der Waals surface area contributed by atoms with Crippen molar-refractivity contribution in [3.8, 4) is 0 Å². The first-order valence-corrected chi connectivity index (χ1v) is 16.4. The normalized spacial score (nSPS) is 27.7. The van der Waals surface area contributed by atoms with E-state index in [1.165, 1.54) is 19.3 Å². The third kappa shape index (κ3) is 8.18. The Kier molecular flexibility index (Phi) is 10.6. The van der Waals surface area contributed by atoms with Crippen LogP contribution >= 0.6 is 0 Å². The minimum atomic E-state index is -0.608. The smallest absolute Gasteiger partial charge is 0.319 e. The van der Waals surface area contributed by atoms with E-state index in [-0.39, 0.29) is 42.3 Å². The molecule has 3 aliphatic rings. The number of benzene rings is 2. The number of urea groups is 1. The van der Waals surface area contributed by atoms with Crippen molar-refractivity contribution in [3.05, 3.63) is 65.2 Å². The summed E-state index contributed by atoms with van der Waals surface area (Å²) >= 11 is 0. The van der Waals surface area contributed by atoms with Crippen molar-refractivity contribution in [1.29, 1.82) is 0 Å². The predicted molar refractivity (Wildman–Crippen MR) is 171 cm³/mol. The molecule has 0 spiro atoms. The summed E-state index contributed by atoms with van der Waals surface area (Å²) in [4.78, 5) is 28.1. The number of aliphatic hydroxyl groups excluding tert-OH is 1. The minimum absolute atomic E-state index is 0.00758. The van der Waals surface area contributed by atoms with Crippen LogP contribution in [0.2, 0.25) is 0 Å². The van der Waals surface area contributed by atoms with Gasteiger partial charge in [-0.3, -0.25) is 9.69 Å². The quantitative estimate of drug-likeness (QED) is 0.302. The zero-order valence-corrected chi connectivity index (χ0v) is 26.7. The highest BCUT2D eigenvalue weighted by Crippen LogP contribution is 2.42. The standard InChI is InChI=1S/C35H50N4O5/c1-5-36-34(42)37-27-17-14-26(15-18-27)33-43-28(20-31(44-33)25-12-10-23(22-40)11-13-25)21-39-29-9-7-6-8-24(29)16-19-30(39)32(41)38-35(2,3)4/h10-15,17-18,24,28-31,33,40H,5-9,16,19-22H2,1-4H3,(H,38,41)(H2,36,37,42).